The lowest BCUT2D eigenvalue weighted by atomic mass is 10.2. The number of nitrogens with one attached hydrogen (secondary N) is 1. The number of aromatic nitrogens is 2. The Hall–Kier alpha value is -0.930. The third-order valence-corrected chi connectivity index (χ3v) is 3.19. The lowest BCUT2D eigenvalue weighted by molar-refractivity contribution is -0.166. The zero-order valence-corrected chi connectivity index (χ0v) is 10.1. The first-order valence-electron chi connectivity index (χ1n) is 5.33. The molecule has 0 bridgehead atoms. The molecule has 0 aliphatic heterocycles. The topological polar surface area (TPSA) is 67.3 Å². The fraction of sp³-hybridized carbons (Fsp3) is 0.778. The van der Waals surface area contributed by atoms with Crippen molar-refractivity contribution in [2.24, 2.45) is 0 Å². The van der Waals surface area contributed by atoms with Crippen LogP contribution in [0.15, 0.2) is 6.20 Å². The molecule has 0 spiro atoms. The maximum Gasteiger partial charge on any atom is 0.406 e. The number of aliphatic hydroxyl groups excluding tert-OH is 1. The van der Waals surface area contributed by atoms with Crippen molar-refractivity contribution in [1.82, 2.24) is 14.1 Å². The van der Waals surface area contributed by atoms with E-state index in [1.807, 2.05) is 0 Å². The van der Waals surface area contributed by atoms with E-state index >= 15 is 0 Å². The van der Waals surface area contributed by atoms with E-state index < -0.39 is 17.8 Å². The second-order valence-corrected chi connectivity index (χ2v) is 4.73. The predicted molar refractivity (Wildman–Crippen MR) is 57.4 cm³/mol. The van der Waals surface area contributed by atoms with Gasteiger partial charge in [0.15, 0.2) is 0 Å². The minimum absolute atomic E-state index is 0.0556. The van der Waals surface area contributed by atoms with E-state index in [2.05, 4.69) is 14.1 Å². The Kier molecular flexibility index (Phi) is 3.74. The largest absolute Gasteiger partial charge is 0.473 e. The fourth-order valence-electron chi connectivity index (χ4n) is 1.46. The van der Waals surface area contributed by atoms with Gasteiger partial charge in [-0.05, 0) is 12.8 Å². The van der Waals surface area contributed by atoms with Crippen molar-refractivity contribution in [1.29, 1.82) is 0 Å². The Balaban J connectivity index is 1.71. The highest BCUT2D eigenvalue weighted by Gasteiger charge is 2.63. The molecule has 102 valence electrons. The van der Waals surface area contributed by atoms with Crippen molar-refractivity contribution in [2.75, 3.05) is 13.2 Å². The molecule has 1 aliphatic rings. The molecule has 1 aliphatic carbocycles. The third-order valence-electron chi connectivity index (χ3n) is 2.73. The molecule has 1 aromatic heterocycles. The highest BCUT2D eigenvalue weighted by molar-refractivity contribution is 6.99. The Morgan fingerprint density at radius 3 is 2.78 bits per heavy atom. The predicted octanol–water partition coefficient (Wildman–Crippen LogP) is 0.962. The molecule has 0 saturated heterocycles. The molecular weight excluding hydrogens is 271 g/mol. The number of hydrogen-bond donors (Lipinski definition) is 2. The highest BCUT2D eigenvalue weighted by Crippen LogP contribution is 2.48. The van der Waals surface area contributed by atoms with Gasteiger partial charge in [0.05, 0.1) is 11.7 Å². The van der Waals surface area contributed by atoms with Gasteiger partial charge in [-0.25, -0.2) is 0 Å². The van der Waals surface area contributed by atoms with Gasteiger partial charge in [-0.2, -0.15) is 17.5 Å². The quantitative estimate of drug-likeness (QED) is 0.814. The van der Waals surface area contributed by atoms with Gasteiger partial charge in [0.2, 0.25) is 5.88 Å². The summed E-state index contributed by atoms with van der Waals surface area (Å²) in [5.74, 6) is 0.260. The molecule has 18 heavy (non-hydrogen) atoms. The van der Waals surface area contributed by atoms with E-state index in [-0.39, 0.29) is 31.9 Å². The first kappa shape index (κ1) is 13.5. The number of halogens is 3. The van der Waals surface area contributed by atoms with Crippen LogP contribution >= 0.6 is 11.7 Å². The summed E-state index contributed by atoms with van der Waals surface area (Å²) in [6, 6.07) is 0. The van der Waals surface area contributed by atoms with Crippen LogP contribution in [0.2, 0.25) is 0 Å². The summed E-state index contributed by atoms with van der Waals surface area (Å²) in [5.41, 5.74) is -1.81. The average molecular weight is 283 g/mol. The number of nitrogens with zero attached hydrogens (tertiary/aromatic N) is 2. The van der Waals surface area contributed by atoms with Crippen molar-refractivity contribution in [3.63, 3.8) is 0 Å². The first-order valence-corrected chi connectivity index (χ1v) is 6.06. The van der Waals surface area contributed by atoms with Crippen LogP contribution < -0.4 is 10.1 Å². The van der Waals surface area contributed by atoms with Gasteiger partial charge in [-0.3, -0.25) is 0 Å². The SMILES string of the molecule is OC(CNC1(C(F)(F)F)CC1)COc1cnsn1. The maximum absolute atomic E-state index is 12.6. The molecule has 1 unspecified atom stereocenters. The van der Waals surface area contributed by atoms with Crippen molar-refractivity contribution in [2.45, 2.75) is 30.7 Å². The first-order chi connectivity index (χ1) is 8.43. The van der Waals surface area contributed by atoms with E-state index in [4.69, 9.17) is 4.74 Å². The van der Waals surface area contributed by atoms with E-state index in [0.717, 1.165) is 11.7 Å². The van der Waals surface area contributed by atoms with E-state index in [1.54, 1.807) is 0 Å². The van der Waals surface area contributed by atoms with Crippen molar-refractivity contribution in [3.8, 4) is 5.88 Å². The zero-order chi connectivity index (χ0) is 13.2. The monoisotopic (exact) mass is 283 g/mol. The molecule has 1 heterocycles. The molecule has 1 atom stereocenters. The van der Waals surface area contributed by atoms with Crippen LogP contribution in [0.5, 0.6) is 5.88 Å². The molecule has 1 saturated carbocycles. The molecule has 0 amide bonds. The summed E-state index contributed by atoms with van der Waals surface area (Å²) in [4.78, 5) is 0. The van der Waals surface area contributed by atoms with Gasteiger partial charge in [-0.15, -0.1) is 4.37 Å². The van der Waals surface area contributed by atoms with Crippen LogP contribution in [-0.2, 0) is 0 Å². The van der Waals surface area contributed by atoms with Gasteiger partial charge in [-0.1, -0.05) is 0 Å². The Labute approximate surface area is 105 Å². The molecule has 2 rings (SSSR count). The van der Waals surface area contributed by atoms with Gasteiger partial charge in [0, 0.05) is 6.54 Å². The van der Waals surface area contributed by atoms with Crippen LogP contribution in [0.3, 0.4) is 0 Å². The second kappa shape index (κ2) is 4.98. The minimum atomic E-state index is -4.27. The smallest absolute Gasteiger partial charge is 0.406 e. The molecule has 9 heteroatoms. The second-order valence-electron chi connectivity index (χ2n) is 4.17. The molecule has 0 aromatic carbocycles. The zero-order valence-electron chi connectivity index (χ0n) is 9.28. The van der Waals surface area contributed by atoms with Gasteiger partial charge in [0.1, 0.15) is 24.4 Å². The summed E-state index contributed by atoms with van der Waals surface area (Å²) in [5, 5.41) is 11.9. The third kappa shape index (κ3) is 3.09. The van der Waals surface area contributed by atoms with Gasteiger partial charge >= 0.3 is 6.18 Å². The average Bonchev–Trinajstić information content (AvgIpc) is 2.93. The lowest BCUT2D eigenvalue weighted by Gasteiger charge is -2.22. The number of rotatable bonds is 6. The fourth-order valence-corrected chi connectivity index (χ4v) is 1.82. The van der Waals surface area contributed by atoms with Crippen molar-refractivity contribution >= 4 is 11.7 Å². The number of hydrogen-bond acceptors (Lipinski definition) is 6. The lowest BCUT2D eigenvalue weighted by Crippen LogP contribution is -2.48. The van der Waals surface area contributed by atoms with E-state index in [0.29, 0.717) is 0 Å². The summed E-state index contributed by atoms with van der Waals surface area (Å²) in [6.45, 7) is -0.288. The molecule has 1 aromatic rings. The van der Waals surface area contributed by atoms with Gasteiger partial charge in [0.25, 0.3) is 0 Å². The summed E-state index contributed by atoms with van der Waals surface area (Å²) < 4.78 is 50.2. The Morgan fingerprint density at radius 1 is 1.56 bits per heavy atom. The standard InChI is InChI=1S/C9H12F3N3O2S/c10-9(11,12)8(1-2-8)13-3-6(16)5-17-7-4-14-18-15-7/h4,6,13,16H,1-3,5H2. The summed E-state index contributed by atoms with van der Waals surface area (Å²) in [7, 11) is 0. The van der Waals surface area contributed by atoms with Crippen LogP contribution in [0.25, 0.3) is 0 Å². The highest BCUT2D eigenvalue weighted by atomic mass is 32.1. The molecule has 2 N–H and O–H groups in total. The van der Waals surface area contributed by atoms with Crippen LogP contribution in [0, 0.1) is 0 Å². The molecular formula is C9H12F3N3O2S. The number of β-amino-alcohol motifs (C(OH)–C–C–N with tert-alkyl or cyclic N) is 1. The van der Waals surface area contributed by atoms with Gasteiger partial charge < -0.3 is 15.2 Å². The number of alkyl halides is 3. The summed E-state index contributed by atoms with van der Waals surface area (Å²) in [6.07, 6.45) is -3.80. The Bertz CT molecular complexity index is 381. The summed E-state index contributed by atoms with van der Waals surface area (Å²) >= 11 is 0.951. The number of aliphatic hydroxyl groups is 1. The number of ether oxygens (including phenoxy) is 1. The van der Waals surface area contributed by atoms with Crippen LogP contribution in [-0.4, -0.2) is 44.8 Å². The van der Waals surface area contributed by atoms with E-state index in [9.17, 15) is 18.3 Å². The van der Waals surface area contributed by atoms with E-state index in [1.165, 1.54) is 6.20 Å². The molecule has 1 fully saturated rings. The van der Waals surface area contributed by atoms with Crippen molar-refractivity contribution < 1.29 is 23.0 Å². The molecule has 0 radical (unpaired) electrons. The maximum atomic E-state index is 12.6. The van der Waals surface area contributed by atoms with Crippen LogP contribution in [0.4, 0.5) is 13.2 Å². The molecule has 5 nitrogen and oxygen atoms in total. The minimum Gasteiger partial charge on any atom is -0.473 e. The van der Waals surface area contributed by atoms with Crippen LogP contribution in [0.1, 0.15) is 12.8 Å². The Morgan fingerprint density at radius 2 is 2.28 bits per heavy atom. The van der Waals surface area contributed by atoms with Crippen molar-refractivity contribution in [3.05, 3.63) is 6.20 Å². The normalized spacial score (nSPS) is 19.6.